The summed E-state index contributed by atoms with van der Waals surface area (Å²) >= 11 is 0. The average molecular weight is 1110 g/mol. The van der Waals surface area contributed by atoms with Crippen molar-refractivity contribution in [1.82, 2.24) is 0 Å². The van der Waals surface area contributed by atoms with Gasteiger partial charge in [0.05, 0.1) is 19.8 Å². The fourth-order valence-electron chi connectivity index (χ4n) is 8.04. The third-order valence-corrected chi connectivity index (χ3v) is 13.6. The summed E-state index contributed by atoms with van der Waals surface area (Å²) in [6, 6.07) is 0. The lowest BCUT2D eigenvalue weighted by atomic mass is 10.1. The predicted molar refractivity (Wildman–Crippen MR) is 325 cm³/mol. The number of ether oxygens (including phenoxy) is 3. The van der Waals surface area contributed by atoms with Gasteiger partial charge in [-0.1, -0.05) is 220 Å². The third kappa shape index (κ3) is 56.8. The van der Waals surface area contributed by atoms with Gasteiger partial charge >= 0.3 is 25.7 Å². The van der Waals surface area contributed by atoms with Crippen LogP contribution in [0.2, 0.25) is 0 Å². The molecule has 0 spiro atoms. The first kappa shape index (κ1) is 74.1. The Bertz CT molecular complexity index is 1720. The summed E-state index contributed by atoms with van der Waals surface area (Å²) in [6.07, 6.45) is 71.8. The van der Waals surface area contributed by atoms with Crippen LogP contribution in [0.15, 0.2) is 109 Å². The van der Waals surface area contributed by atoms with Crippen LogP contribution >= 0.6 is 7.82 Å². The van der Waals surface area contributed by atoms with Crippen LogP contribution in [0.25, 0.3) is 0 Å². The number of esters is 3. The molecular formula is C66H111O11P. The van der Waals surface area contributed by atoms with Gasteiger partial charge in [-0.05, 0) is 122 Å². The molecule has 3 unspecified atom stereocenters. The molecule has 12 heteroatoms. The molecular weight excluding hydrogens is 1000 g/mol. The summed E-state index contributed by atoms with van der Waals surface area (Å²) in [4.78, 5) is 48.7. The summed E-state index contributed by atoms with van der Waals surface area (Å²) in [5.41, 5.74) is 0. The zero-order valence-electron chi connectivity index (χ0n) is 49.3. The highest BCUT2D eigenvalue weighted by atomic mass is 31.2. The summed E-state index contributed by atoms with van der Waals surface area (Å²) < 4.78 is 39.6. The van der Waals surface area contributed by atoms with Crippen molar-refractivity contribution in [2.24, 2.45) is 0 Å². The van der Waals surface area contributed by atoms with Crippen LogP contribution in [0.4, 0.5) is 0 Å². The van der Waals surface area contributed by atoms with Crippen molar-refractivity contribution in [3.8, 4) is 0 Å². The molecule has 0 aliphatic heterocycles. The van der Waals surface area contributed by atoms with E-state index in [9.17, 15) is 28.9 Å². The maximum absolute atomic E-state index is 12.9. The third-order valence-electron chi connectivity index (χ3n) is 12.7. The maximum atomic E-state index is 12.9. The molecule has 0 saturated carbocycles. The van der Waals surface area contributed by atoms with Crippen LogP contribution in [0, 0.1) is 0 Å². The number of rotatable bonds is 56. The van der Waals surface area contributed by atoms with Crippen LogP contribution in [0.1, 0.15) is 252 Å². The van der Waals surface area contributed by atoms with Gasteiger partial charge < -0.3 is 24.2 Å². The van der Waals surface area contributed by atoms with Gasteiger partial charge in [0.15, 0.2) is 6.10 Å². The Morgan fingerprint density at radius 1 is 0.372 bits per heavy atom. The van der Waals surface area contributed by atoms with Crippen molar-refractivity contribution in [1.29, 1.82) is 0 Å². The van der Waals surface area contributed by atoms with Gasteiger partial charge in [-0.15, -0.1) is 0 Å². The Balaban J connectivity index is 4.76. The second kappa shape index (κ2) is 59.3. The Morgan fingerprint density at radius 3 is 1.03 bits per heavy atom. The molecule has 0 aliphatic carbocycles. The number of aliphatic hydroxyl groups excluding tert-OH is 1. The maximum Gasteiger partial charge on any atom is 0.472 e. The number of phosphoric acid groups is 1. The monoisotopic (exact) mass is 1110 g/mol. The minimum absolute atomic E-state index is 0.144. The summed E-state index contributed by atoms with van der Waals surface area (Å²) in [5, 5.41) is 9.84. The number of carbonyl (C=O) groups is 3. The van der Waals surface area contributed by atoms with Gasteiger partial charge in [0.1, 0.15) is 12.7 Å². The fourth-order valence-corrected chi connectivity index (χ4v) is 8.82. The normalized spacial score (nSPS) is 14.1. The van der Waals surface area contributed by atoms with Gasteiger partial charge in [0.25, 0.3) is 0 Å². The van der Waals surface area contributed by atoms with Crippen LogP contribution in [-0.4, -0.2) is 66.5 Å². The molecule has 0 aromatic heterocycles. The summed E-state index contributed by atoms with van der Waals surface area (Å²) in [5.74, 6) is -1.51. The minimum Gasteiger partial charge on any atom is -0.462 e. The molecule has 0 saturated heterocycles. The molecule has 2 N–H and O–H groups in total. The first-order chi connectivity index (χ1) is 38.2. The minimum atomic E-state index is -4.77. The van der Waals surface area contributed by atoms with Gasteiger partial charge in [-0.2, -0.15) is 0 Å². The van der Waals surface area contributed by atoms with E-state index in [1.807, 2.05) is 0 Å². The van der Waals surface area contributed by atoms with E-state index in [-0.39, 0.29) is 25.9 Å². The number of unbranched alkanes of at least 4 members (excludes halogenated alkanes) is 21. The first-order valence-electron chi connectivity index (χ1n) is 30.8. The molecule has 3 atom stereocenters. The van der Waals surface area contributed by atoms with E-state index in [1.165, 1.54) is 38.5 Å². The number of hydrogen-bond donors (Lipinski definition) is 2. The number of allylic oxidation sites excluding steroid dienone is 18. The first-order valence-corrected chi connectivity index (χ1v) is 32.3. The van der Waals surface area contributed by atoms with Crippen molar-refractivity contribution in [3.05, 3.63) is 109 Å². The molecule has 0 radical (unpaired) electrons. The molecule has 446 valence electrons. The molecule has 11 nitrogen and oxygen atoms in total. The fraction of sp³-hybridized carbons (Fsp3) is 0.682. The van der Waals surface area contributed by atoms with E-state index in [1.54, 1.807) is 0 Å². The second-order valence-corrected chi connectivity index (χ2v) is 21.6. The molecule has 0 fully saturated rings. The van der Waals surface area contributed by atoms with Crippen LogP contribution in [-0.2, 0) is 42.2 Å². The zero-order valence-corrected chi connectivity index (χ0v) is 50.2. The molecule has 0 aliphatic rings. The van der Waals surface area contributed by atoms with Crippen molar-refractivity contribution in [2.75, 3.05) is 26.4 Å². The molecule has 0 amide bonds. The van der Waals surface area contributed by atoms with Gasteiger partial charge in [-0.25, -0.2) is 4.57 Å². The highest BCUT2D eigenvalue weighted by Gasteiger charge is 2.28. The SMILES string of the molecule is CC/C=C\C/C=C\C/C=C\CCCCCCCCCC(=O)OC(CO)COP(=O)(O)OCC(COC(=O)CCCCCCC/C=C\C/C=C\C/C=C\CC)OC(=O)CCCCCCCC/C=C\C/C=C\C/C=C\CCCCC. The van der Waals surface area contributed by atoms with E-state index < -0.39 is 57.8 Å². The van der Waals surface area contributed by atoms with E-state index in [0.717, 1.165) is 154 Å². The number of hydrogen-bond acceptors (Lipinski definition) is 10. The number of phosphoric ester groups is 1. The van der Waals surface area contributed by atoms with E-state index in [4.69, 9.17) is 23.3 Å². The Labute approximate surface area is 475 Å². The van der Waals surface area contributed by atoms with Crippen LogP contribution < -0.4 is 0 Å². The lowest BCUT2D eigenvalue weighted by Gasteiger charge is -2.21. The topological polar surface area (TPSA) is 155 Å². The molecule has 0 bridgehead atoms. The van der Waals surface area contributed by atoms with Crippen LogP contribution in [0.3, 0.4) is 0 Å². The molecule has 0 rings (SSSR count). The van der Waals surface area contributed by atoms with E-state index in [0.29, 0.717) is 19.3 Å². The largest absolute Gasteiger partial charge is 0.472 e. The smallest absolute Gasteiger partial charge is 0.462 e. The van der Waals surface area contributed by atoms with Crippen molar-refractivity contribution >= 4 is 25.7 Å². The quantitative estimate of drug-likeness (QED) is 0.0197. The van der Waals surface area contributed by atoms with Gasteiger partial charge in [0.2, 0.25) is 0 Å². The predicted octanol–water partition coefficient (Wildman–Crippen LogP) is 18.6. The van der Waals surface area contributed by atoms with Crippen molar-refractivity contribution < 1.29 is 52.2 Å². The lowest BCUT2D eigenvalue weighted by Crippen LogP contribution is -2.30. The second-order valence-electron chi connectivity index (χ2n) is 20.1. The standard InChI is InChI=1S/C66H111O11P/c1-4-7-10-13-16-19-22-25-28-30-31-33-36-39-42-45-48-51-54-57-66(70)77-63(59-73-64(68)55-52-49-46-43-40-37-34-27-24-21-18-15-12-9-6-3)61-75-78(71,72)74-60-62(58-67)76-65(69)56-53-50-47-44-41-38-35-32-29-26-23-20-17-14-11-8-5-2/h8-9,11-12,16-21,25-29,31,33-34,62-63,67H,4-7,10,13-15,22-24,30,32,35-61H2,1-3H3,(H,71,72)/b11-8-,12-9-,19-16-,20-17-,21-18-,28-25-,29-26-,33-31-,34-27-. The Morgan fingerprint density at radius 2 is 0.667 bits per heavy atom. The molecule has 0 aromatic carbocycles. The summed E-state index contributed by atoms with van der Waals surface area (Å²) in [6.45, 7) is 4.36. The Kier molecular flexibility index (Phi) is 56.3. The molecule has 0 aromatic rings. The van der Waals surface area contributed by atoms with Crippen LogP contribution in [0.5, 0.6) is 0 Å². The lowest BCUT2D eigenvalue weighted by molar-refractivity contribution is -0.161. The summed E-state index contributed by atoms with van der Waals surface area (Å²) in [7, 11) is -4.77. The molecule has 0 heterocycles. The van der Waals surface area contributed by atoms with Crippen molar-refractivity contribution in [3.63, 3.8) is 0 Å². The van der Waals surface area contributed by atoms with Crippen molar-refractivity contribution in [2.45, 2.75) is 264 Å². The average Bonchev–Trinajstić information content (AvgIpc) is 3.43. The Hall–Kier alpha value is -3.86. The zero-order chi connectivity index (χ0) is 56.9. The highest BCUT2D eigenvalue weighted by molar-refractivity contribution is 7.47. The molecule has 78 heavy (non-hydrogen) atoms. The van der Waals surface area contributed by atoms with E-state index >= 15 is 0 Å². The number of aliphatic hydroxyl groups is 1. The van der Waals surface area contributed by atoms with Gasteiger partial charge in [0, 0.05) is 19.3 Å². The highest BCUT2D eigenvalue weighted by Crippen LogP contribution is 2.43. The van der Waals surface area contributed by atoms with E-state index in [2.05, 4.69) is 130 Å². The van der Waals surface area contributed by atoms with Gasteiger partial charge in [-0.3, -0.25) is 23.4 Å². The number of carbonyl (C=O) groups excluding carboxylic acids is 3.